The number of carboxylic acid groups (broad SMARTS) is 1. The first-order valence-electron chi connectivity index (χ1n) is 4.82. The molecule has 0 fully saturated rings. The molecule has 0 amide bonds. The number of ether oxygens (including phenoxy) is 2. The number of methoxy groups -OCH3 is 1. The van der Waals surface area contributed by atoms with Crippen LogP contribution >= 0.6 is 0 Å². The predicted octanol–water partition coefficient (Wildman–Crippen LogP) is 1.21. The lowest BCUT2D eigenvalue weighted by atomic mass is 10.1. The smallest absolute Gasteiger partial charge is 0.337 e. The number of aliphatic carboxylic acids is 1. The molecule has 2 N–H and O–H groups in total. The van der Waals surface area contributed by atoms with Gasteiger partial charge in [0.25, 0.3) is 0 Å². The average Bonchev–Trinajstić information content (AvgIpc) is 2.28. The molecule has 0 saturated heterocycles. The largest absolute Gasteiger partial charge is 0.493 e. The van der Waals surface area contributed by atoms with Gasteiger partial charge in [-0.15, -0.1) is 0 Å². The first-order chi connectivity index (χ1) is 7.61. The van der Waals surface area contributed by atoms with Gasteiger partial charge in [-0.05, 0) is 13.0 Å². The van der Waals surface area contributed by atoms with Crippen LogP contribution in [0.1, 0.15) is 18.6 Å². The minimum Gasteiger partial charge on any atom is -0.493 e. The molecule has 0 saturated carbocycles. The second-order valence-electron chi connectivity index (χ2n) is 3.05. The van der Waals surface area contributed by atoms with Crippen molar-refractivity contribution in [3.8, 4) is 11.5 Å². The van der Waals surface area contributed by atoms with Gasteiger partial charge in [0.15, 0.2) is 17.6 Å². The molecule has 1 unspecified atom stereocenters. The van der Waals surface area contributed by atoms with Gasteiger partial charge in [0.1, 0.15) is 0 Å². The van der Waals surface area contributed by atoms with Crippen LogP contribution in [0.4, 0.5) is 0 Å². The predicted molar refractivity (Wildman–Crippen MR) is 56.8 cm³/mol. The van der Waals surface area contributed by atoms with Crippen molar-refractivity contribution in [2.45, 2.75) is 13.0 Å². The molecule has 0 aliphatic heterocycles. The number of hydrogen-bond acceptors (Lipinski definition) is 4. The molecule has 0 spiro atoms. The van der Waals surface area contributed by atoms with Gasteiger partial charge in [-0.3, -0.25) is 0 Å². The van der Waals surface area contributed by atoms with E-state index in [2.05, 4.69) is 0 Å². The van der Waals surface area contributed by atoms with Crippen LogP contribution in [0.25, 0.3) is 0 Å². The second-order valence-corrected chi connectivity index (χ2v) is 3.05. The summed E-state index contributed by atoms with van der Waals surface area (Å²) < 4.78 is 10.3. The Balaban J connectivity index is 3.20. The number of rotatable bonds is 5. The topological polar surface area (TPSA) is 76.0 Å². The second kappa shape index (κ2) is 5.37. The molecule has 0 bridgehead atoms. The maximum atomic E-state index is 10.7. The minimum atomic E-state index is -1.61. The summed E-state index contributed by atoms with van der Waals surface area (Å²) in [4.78, 5) is 10.7. The summed E-state index contributed by atoms with van der Waals surface area (Å²) in [6.07, 6.45) is -1.61. The molecule has 5 nitrogen and oxygen atoms in total. The van der Waals surface area contributed by atoms with Gasteiger partial charge < -0.3 is 19.7 Å². The first kappa shape index (κ1) is 12.3. The van der Waals surface area contributed by atoms with Crippen molar-refractivity contribution in [3.05, 3.63) is 23.8 Å². The zero-order valence-corrected chi connectivity index (χ0v) is 9.14. The van der Waals surface area contributed by atoms with Gasteiger partial charge in [0.2, 0.25) is 0 Å². The molecule has 1 rings (SSSR count). The molecule has 88 valence electrons. The SMILES string of the molecule is CCOc1c(OC)cccc1C(O)C(=O)O. The van der Waals surface area contributed by atoms with Gasteiger partial charge in [-0.1, -0.05) is 12.1 Å². The third-order valence-corrected chi connectivity index (χ3v) is 2.05. The van der Waals surface area contributed by atoms with Crippen molar-refractivity contribution in [2.24, 2.45) is 0 Å². The maximum Gasteiger partial charge on any atom is 0.337 e. The van der Waals surface area contributed by atoms with Gasteiger partial charge in [-0.25, -0.2) is 4.79 Å². The Hall–Kier alpha value is -1.75. The van der Waals surface area contributed by atoms with E-state index in [-0.39, 0.29) is 11.3 Å². The van der Waals surface area contributed by atoms with Gasteiger partial charge in [0.05, 0.1) is 13.7 Å². The molecule has 1 aromatic rings. The van der Waals surface area contributed by atoms with Crippen LogP contribution in [0.2, 0.25) is 0 Å². The fourth-order valence-electron chi connectivity index (χ4n) is 1.34. The highest BCUT2D eigenvalue weighted by Gasteiger charge is 2.22. The van der Waals surface area contributed by atoms with E-state index in [9.17, 15) is 9.90 Å². The zero-order chi connectivity index (χ0) is 12.1. The van der Waals surface area contributed by atoms with Crippen LogP contribution in [0.15, 0.2) is 18.2 Å². The van der Waals surface area contributed by atoms with Crippen molar-refractivity contribution in [2.75, 3.05) is 13.7 Å². The molecular formula is C11H14O5. The first-order valence-corrected chi connectivity index (χ1v) is 4.82. The van der Waals surface area contributed by atoms with Gasteiger partial charge in [0, 0.05) is 5.56 Å². The van der Waals surface area contributed by atoms with Crippen LogP contribution in [-0.2, 0) is 4.79 Å². The monoisotopic (exact) mass is 226 g/mol. The van der Waals surface area contributed by atoms with Crippen LogP contribution in [0.3, 0.4) is 0 Å². The Labute approximate surface area is 93.2 Å². The number of carboxylic acids is 1. The van der Waals surface area contributed by atoms with E-state index in [1.54, 1.807) is 19.1 Å². The van der Waals surface area contributed by atoms with Crippen LogP contribution in [-0.4, -0.2) is 29.9 Å². The number of aliphatic hydroxyl groups excluding tert-OH is 1. The number of aliphatic hydroxyl groups is 1. The Kier molecular flexibility index (Phi) is 4.13. The molecular weight excluding hydrogens is 212 g/mol. The van der Waals surface area contributed by atoms with Crippen molar-refractivity contribution < 1.29 is 24.5 Å². The van der Waals surface area contributed by atoms with Crippen LogP contribution in [0, 0.1) is 0 Å². The minimum absolute atomic E-state index is 0.189. The fourth-order valence-corrected chi connectivity index (χ4v) is 1.34. The molecule has 0 aliphatic carbocycles. The standard InChI is InChI=1S/C11H14O5/c1-3-16-10-7(9(12)11(13)14)5-4-6-8(10)15-2/h4-6,9,12H,3H2,1-2H3,(H,13,14). The van der Waals surface area contributed by atoms with E-state index in [1.807, 2.05) is 0 Å². The van der Waals surface area contributed by atoms with E-state index in [0.29, 0.717) is 12.4 Å². The van der Waals surface area contributed by atoms with E-state index < -0.39 is 12.1 Å². The van der Waals surface area contributed by atoms with Crippen molar-refractivity contribution in [3.63, 3.8) is 0 Å². The summed E-state index contributed by atoms with van der Waals surface area (Å²) >= 11 is 0. The van der Waals surface area contributed by atoms with Crippen LogP contribution in [0.5, 0.6) is 11.5 Å². The molecule has 16 heavy (non-hydrogen) atoms. The van der Waals surface area contributed by atoms with E-state index >= 15 is 0 Å². The van der Waals surface area contributed by atoms with Crippen molar-refractivity contribution >= 4 is 5.97 Å². The molecule has 5 heteroatoms. The third kappa shape index (κ3) is 2.43. The molecule has 0 aliphatic rings. The van der Waals surface area contributed by atoms with Crippen LogP contribution < -0.4 is 9.47 Å². The Morgan fingerprint density at radius 1 is 1.50 bits per heavy atom. The van der Waals surface area contributed by atoms with E-state index in [0.717, 1.165) is 0 Å². The molecule has 0 heterocycles. The molecule has 1 aromatic carbocycles. The molecule has 0 aromatic heterocycles. The van der Waals surface area contributed by atoms with E-state index in [4.69, 9.17) is 14.6 Å². The summed E-state index contributed by atoms with van der Waals surface area (Å²) in [5.74, 6) is -0.656. The number of benzene rings is 1. The Morgan fingerprint density at radius 2 is 2.19 bits per heavy atom. The highest BCUT2D eigenvalue weighted by Crippen LogP contribution is 2.34. The normalized spacial score (nSPS) is 11.9. The lowest BCUT2D eigenvalue weighted by Gasteiger charge is -2.15. The highest BCUT2D eigenvalue weighted by molar-refractivity contribution is 5.75. The zero-order valence-electron chi connectivity index (χ0n) is 9.14. The van der Waals surface area contributed by atoms with Gasteiger partial charge in [-0.2, -0.15) is 0 Å². The number of para-hydroxylation sites is 1. The maximum absolute atomic E-state index is 10.7. The molecule has 0 radical (unpaired) electrons. The summed E-state index contributed by atoms with van der Waals surface area (Å²) in [6.45, 7) is 2.13. The summed E-state index contributed by atoms with van der Waals surface area (Å²) in [5, 5.41) is 18.2. The average molecular weight is 226 g/mol. The third-order valence-electron chi connectivity index (χ3n) is 2.05. The Bertz CT molecular complexity index is 375. The summed E-state index contributed by atoms with van der Waals surface area (Å²) in [5.41, 5.74) is 0.189. The molecule has 1 atom stereocenters. The number of hydrogen-bond donors (Lipinski definition) is 2. The quantitative estimate of drug-likeness (QED) is 0.789. The van der Waals surface area contributed by atoms with Crippen molar-refractivity contribution in [1.29, 1.82) is 0 Å². The highest BCUT2D eigenvalue weighted by atomic mass is 16.5. The lowest BCUT2D eigenvalue weighted by molar-refractivity contribution is -0.147. The van der Waals surface area contributed by atoms with Crippen molar-refractivity contribution in [1.82, 2.24) is 0 Å². The van der Waals surface area contributed by atoms with Gasteiger partial charge >= 0.3 is 5.97 Å². The van der Waals surface area contributed by atoms with E-state index in [1.165, 1.54) is 13.2 Å². The number of carbonyl (C=O) groups is 1. The summed E-state index contributed by atoms with van der Waals surface area (Å²) in [7, 11) is 1.45. The Morgan fingerprint density at radius 3 is 2.69 bits per heavy atom. The lowest BCUT2D eigenvalue weighted by Crippen LogP contribution is -2.12. The summed E-state index contributed by atoms with van der Waals surface area (Å²) in [6, 6.07) is 4.73. The fraction of sp³-hybridized carbons (Fsp3) is 0.364.